The Bertz CT molecular complexity index is 602. The van der Waals surface area contributed by atoms with Crippen LogP contribution >= 0.6 is 11.6 Å². The highest BCUT2D eigenvalue weighted by Crippen LogP contribution is 2.30. The number of hydrogen-bond acceptors (Lipinski definition) is 4. The van der Waals surface area contributed by atoms with Gasteiger partial charge in [0.15, 0.2) is 0 Å². The normalized spacial score (nSPS) is 22.1. The van der Waals surface area contributed by atoms with Gasteiger partial charge in [0.05, 0.1) is 11.6 Å². The number of likely N-dealkylation sites (tertiary alicyclic amines) is 1. The van der Waals surface area contributed by atoms with Crippen molar-refractivity contribution in [3.05, 3.63) is 33.2 Å². The van der Waals surface area contributed by atoms with Crippen LogP contribution in [0.1, 0.15) is 23.2 Å². The van der Waals surface area contributed by atoms with Crippen molar-refractivity contribution < 1.29 is 9.90 Å². The number of halogens is 1. The summed E-state index contributed by atoms with van der Waals surface area (Å²) >= 11 is 5.86. The Kier molecular flexibility index (Phi) is 5.26. The fourth-order valence-corrected chi connectivity index (χ4v) is 3.31. The van der Waals surface area contributed by atoms with E-state index in [1.165, 1.54) is 12.3 Å². The quantitative estimate of drug-likeness (QED) is 0.858. The van der Waals surface area contributed by atoms with E-state index in [2.05, 4.69) is 4.98 Å². The molecule has 1 amide bonds. The van der Waals surface area contributed by atoms with E-state index in [1.54, 1.807) is 4.90 Å². The Morgan fingerprint density at radius 2 is 2.27 bits per heavy atom. The molecule has 1 aromatic rings. The molecule has 1 saturated heterocycles. The second kappa shape index (κ2) is 6.81. The average molecular weight is 328 g/mol. The van der Waals surface area contributed by atoms with E-state index in [1.807, 2.05) is 19.0 Å². The van der Waals surface area contributed by atoms with Crippen LogP contribution in [0.5, 0.6) is 0 Å². The molecule has 1 atom stereocenters. The van der Waals surface area contributed by atoms with Gasteiger partial charge in [-0.1, -0.05) is 11.6 Å². The average Bonchev–Trinajstić information content (AvgIpc) is 2.48. The second-order valence-corrected chi connectivity index (χ2v) is 6.72. The van der Waals surface area contributed by atoms with Crippen LogP contribution in [0.25, 0.3) is 0 Å². The zero-order chi connectivity index (χ0) is 16.3. The van der Waals surface area contributed by atoms with Gasteiger partial charge >= 0.3 is 0 Å². The first kappa shape index (κ1) is 17.0. The van der Waals surface area contributed by atoms with Crippen LogP contribution in [0, 0.1) is 5.41 Å². The molecule has 7 heteroatoms. The summed E-state index contributed by atoms with van der Waals surface area (Å²) in [6, 6.07) is 1.39. The van der Waals surface area contributed by atoms with Crippen LogP contribution < -0.4 is 5.56 Å². The molecule has 22 heavy (non-hydrogen) atoms. The van der Waals surface area contributed by atoms with Gasteiger partial charge in [-0.2, -0.15) is 0 Å². The number of nitrogens with zero attached hydrogens (tertiary/aromatic N) is 2. The van der Waals surface area contributed by atoms with Crippen LogP contribution in [0.3, 0.4) is 0 Å². The Morgan fingerprint density at radius 1 is 1.55 bits per heavy atom. The van der Waals surface area contributed by atoms with Gasteiger partial charge in [-0.15, -0.1) is 0 Å². The SMILES string of the molecule is CN(C)C[C@@]1(CO)CCCN(C(=O)c2cc(Cl)c[nH]c2=O)C1. The highest BCUT2D eigenvalue weighted by molar-refractivity contribution is 6.30. The number of hydrogen-bond donors (Lipinski definition) is 2. The molecule has 2 N–H and O–H groups in total. The largest absolute Gasteiger partial charge is 0.396 e. The van der Waals surface area contributed by atoms with E-state index in [0.29, 0.717) is 24.7 Å². The first-order valence-corrected chi connectivity index (χ1v) is 7.68. The third-order valence-corrected chi connectivity index (χ3v) is 4.25. The van der Waals surface area contributed by atoms with Crippen molar-refractivity contribution in [2.24, 2.45) is 5.41 Å². The summed E-state index contributed by atoms with van der Waals surface area (Å²) in [4.78, 5) is 30.6. The van der Waals surface area contributed by atoms with Gasteiger partial charge in [0.2, 0.25) is 0 Å². The van der Waals surface area contributed by atoms with E-state index in [-0.39, 0.29) is 23.5 Å². The molecule has 2 rings (SSSR count). The summed E-state index contributed by atoms with van der Waals surface area (Å²) in [5.74, 6) is -0.333. The molecule has 0 aliphatic carbocycles. The summed E-state index contributed by atoms with van der Waals surface area (Å²) in [6.07, 6.45) is 3.02. The third kappa shape index (κ3) is 3.69. The van der Waals surface area contributed by atoms with Crippen molar-refractivity contribution in [1.29, 1.82) is 0 Å². The molecule has 0 aromatic carbocycles. The molecule has 1 fully saturated rings. The predicted molar refractivity (Wildman–Crippen MR) is 85.3 cm³/mol. The number of aliphatic hydroxyl groups is 1. The van der Waals surface area contributed by atoms with Gasteiger partial charge in [0.1, 0.15) is 5.56 Å². The number of carbonyl (C=O) groups is 1. The molecular weight excluding hydrogens is 306 g/mol. The van der Waals surface area contributed by atoms with Crippen LogP contribution in [0.4, 0.5) is 0 Å². The van der Waals surface area contributed by atoms with Crippen LogP contribution in [-0.2, 0) is 0 Å². The molecule has 122 valence electrons. The number of rotatable bonds is 4. The van der Waals surface area contributed by atoms with Gasteiger partial charge in [0, 0.05) is 31.2 Å². The number of pyridine rings is 1. The van der Waals surface area contributed by atoms with Crippen molar-refractivity contribution in [1.82, 2.24) is 14.8 Å². The zero-order valence-electron chi connectivity index (χ0n) is 12.9. The van der Waals surface area contributed by atoms with Gasteiger partial charge in [-0.3, -0.25) is 9.59 Å². The second-order valence-electron chi connectivity index (χ2n) is 6.29. The topological polar surface area (TPSA) is 76.6 Å². The van der Waals surface area contributed by atoms with Crippen LogP contribution in [-0.4, -0.2) is 66.1 Å². The summed E-state index contributed by atoms with van der Waals surface area (Å²) < 4.78 is 0. The van der Waals surface area contributed by atoms with E-state index < -0.39 is 5.56 Å². The number of aromatic amines is 1. The molecule has 1 aliphatic heterocycles. The zero-order valence-corrected chi connectivity index (χ0v) is 13.7. The van der Waals surface area contributed by atoms with E-state index in [9.17, 15) is 14.7 Å². The minimum atomic E-state index is -0.442. The van der Waals surface area contributed by atoms with Gasteiger partial charge in [-0.05, 0) is 33.0 Å². The number of amides is 1. The maximum atomic E-state index is 12.6. The van der Waals surface area contributed by atoms with Gasteiger partial charge in [-0.25, -0.2) is 0 Å². The molecule has 6 nitrogen and oxygen atoms in total. The van der Waals surface area contributed by atoms with Crippen LogP contribution in [0.15, 0.2) is 17.1 Å². The monoisotopic (exact) mass is 327 g/mol. The van der Waals surface area contributed by atoms with Crippen molar-refractivity contribution in [3.8, 4) is 0 Å². The standard InChI is InChI=1S/C15H22ClN3O3/c1-18(2)8-15(10-20)4-3-5-19(9-15)14(22)12-6-11(16)7-17-13(12)21/h6-7,20H,3-5,8-10H2,1-2H3,(H,17,21)/t15-/m0/s1. The molecule has 0 radical (unpaired) electrons. The number of aromatic nitrogens is 1. The highest BCUT2D eigenvalue weighted by atomic mass is 35.5. The highest BCUT2D eigenvalue weighted by Gasteiger charge is 2.37. The lowest BCUT2D eigenvalue weighted by molar-refractivity contribution is 0.0137. The van der Waals surface area contributed by atoms with Crippen molar-refractivity contribution in [2.75, 3.05) is 40.3 Å². The maximum absolute atomic E-state index is 12.6. The molecule has 0 saturated carbocycles. The Hall–Kier alpha value is -1.37. The molecule has 0 unspecified atom stereocenters. The summed E-state index contributed by atoms with van der Waals surface area (Å²) in [7, 11) is 3.89. The summed E-state index contributed by atoms with van der Waals surface area (Å²) in [5, 5.41) is 10.1. The van der Waals surface area contributed by atoms with Gasteiger partial charge < -0.3 is 19.9 Å². The fraction of sp³-hybridized carbons (Fsp3) is 0.600. The Labute approximate surface area is 134 Å². The summed E-state index contributed by atoms with van der Waals surface area (Å²) in [5.41, 5.74) is -0.740. The lowest BCUT2D eigenvalue weighted by Gasteiger charge is -2.43. The first-order valence-electron chi connectivity index (χ1n) is 7.30. The smallest absolute Gasteiger partial charge is 0.260 e. The summed E-state index contributed by atoms with van der Waals surface area (Å²) in [6.45, 7) is 1.73. The maximum Gasteiger partial charge on any atom is 0.260 e. The Morgan fingerprint density at radius 3 is 2.91 bits per heavy atom. The number of piperidine rings is 1. The molecular formula is C15H22ClN3O3. The predicted octanol–water partition coefficient (Wildman–Crippen LogP) is 0.805. The molecule has 1 aliphatic rings. The van der Waals surface area contributed by atoms with Crippen molar-refractivity contribution in [3.63, 3.8) is 0 Å². The number of H-pyrrole nitrogens is 1. The minimum Gasteiger partial charge on any atom is -0.396 e. The number of carbonyl (C=O) groups excluding carboxylic acids is 1. The number of aliphatic hydroxyl groups excluding tert-OH is 1. The van der Waals surface area contributed by atoms with E-state index in [0.717, 1.165) is 12.8 Å². The minimum absolute atomic E-state index is 0.0147. The van der Waals surface area contributed by atoms with Crippen molar-refractivity contribution >= 4 is 17.5 Å². The number of nitrogens with one attached hydrogen (secondary N) is 1. The lowest BCUT2D eigenvalue weighted by atomic mass is 9.80. The molecule has 0 bridgehead atoms. The molecule has 0 spiro atoms. The van der Waals surface area contributed by atoms with Gasteiger partial charge in [0.25, 0.3) is 11.5 Å². The fourth-order valence-electron chi connectivity index (χ4n) is 3.15. The molecule has 2 heterocycles. The van der Waals surface area contributed by atoms with Crippen molar-refractivity contribution in [2.45, 2.75) is 12.8 Å². The van der Waals surface area contributed by atoms with Crippen LogP contribution in [0.2, 0.25) is 5.02 Å². The van der Waals surface area contributed by atoms with E-state index >= 15 is 0 Å². The first-order chi connectivity index (χ1) is 10.4. The molecule has 1 aromatic heterocycles. The Balaban J connectivity index is 2.23. The van der Waals surface area contributed by atoms with E-state index in [4.69, 9.17) is 11.6 Å². The third-order valence-electron chi connectivity index (χ3n) is 4.03. The lowest BCUT2D eigenvalue weighted by Crippen LogP contribution is -2.52.